The molecule has 4 heteroatoms. The molecule has 0 aliphatic carbocycles. The van der Waals surface area contributed by atoms with E-state index in [1.54, 1.807) is 0 Å². The van der Waals surface area contributed by atoms with E-state index in [0.29, 0.717) is 18.1 Å². The van der Waals surface area contributed by atoms with E-state index in [1.807, 2.05) is 0 Å². The third-order valence-corrected chi connectivity index (χ3v) is 4.16. The largest absolute Gasteiger partial charge is 0.372 e. The van der Waals surface area contributed by atoms with Crippen LogP contribution in [-0.2, 0) is 4.79 Å². The molecule has 1 amide bonds. The highest BCUT2D eigenvalue weighted by molar-refractivity contribution is 5.78. The van der Waals surface area contributed by atoms with Crippen molar-refractivity contribution in [2.75, 3.05) is 19.6 Å². The van der Waals surface area contributed by atoms with Gasteiger partial charge >= 0.3 is 0 Å². The number of likely N-dealkylation sites (tertiary alicyclic amines) is 2. The van der Waals surface area contributed by atoms with Gasteiger partial charge in [-0.3, -0.25) is 9.69 Å². The molecule has 4 nitrogen and oxygen atoms in total. The van der Waals surface area contributed by atoms with Gasteiger partial charge in [0.25, 0.3) is 0 Å². The van der Waals surface area contributed by atoms with E-state index in [-0.39, 0.29) is 0 Å². The first kappa shape index (κ1) is 11.8. The van der Waals surface area contributed by atoms with Crippen LogP contribution in [-0.4, -0.2) is 47.5 Å². The van der Waals surface area contributed by atoms with E-state index in [0.717, 1.165) is 38.9 Å². The van der Waals surface area contributed by atoms with Crippen LogP contribution in [0.3, 0.4) is 0 Å². The van der Waals surface area contributed by atoms with Gasteiger partial charge in [-0.15, -0.1) is 0 Å². The first-order valence-corrected chi connectivity index (χ1v) is 6.88. The molecule has 0 saturated carbocycles. The van der Waals surface area contributed by atoms with Crippen LogP contribution < -0.4 is 5.32 Å². The fourth-order valence-electron chi connectivity index (χ4n) is 3.12. The number of amides is 1. The van der Waals surface area contributed by atoms with Crippen molar-refractivity contribution in [1.29, 1.82) is 0 Å². The molecule has 98 valence electrons. The van der Waals surface area contributed by atoms with E-state index in [4.69, 9.17) is 0 Å². The average molecular weight is 247 g/mol. The highest BCUT2D eigenvalue weighted by Gasteiger charge is 2.34. The molecule has 3 aliphatic heterocycles. The van der Waals surface area contributed by atoms with Gasteiger partial charge in [0.15, 0.2) is 0 Å². The van der Waals surface area contributed by atoms with Crippen molar-refractivity contribution in [3.63, 3.8) is 0 Å². The molecular weight excluding hydrogens is 226 g/mol. The number of nitrogens with one attached hydrogen (secondary N) is 1. The van der Waals surface area contributed by atoms with Crippen molar-refractivity contribution < 1.29 is 4.79 Å². The molecule has 0 spiro atoms. The standard InChI is InChI=1S/C14H21N3O/c1-11-4-5-13(15-9-11)16-8-6-12(10-16)17-7-2-3-14(17)18/h4-5,9,12-13,15H,2-3,6-8,10H2,1H3. The Bertz CT molecular complexity index is 402. The van der Waals surface area contributed by atoms with Gasteiger partial charge in [0.1, 0.15) is 0 Å². The lowest BCUT2D eigenvalue weighted by Gasteiger charge is -2.29. The minimum atomic E-state index is 0.302. The Morgan fingerprint density at radius 2 is 2.28 bits per heavy atom. The summed E-state index contributed by atoms with van der Waals surface area (Å²) in [4.78, 5) is 16.3. The van der Waals surface area contributed by atoms with Gasteiger partial charge in [0.05, 0.1) is 6.17 Å². The summed E-state index contributed by atoms with van der Waals surface area (Å²) in [6.07, 6.45) is 9.65. The van der Waals surface area contributed by atoms with E-state index < -0.39 is 0 Å². The molecule has 1 N–H and O–H groups in total. The normalized spacial score (nSPS) is 32.8. The molecule has 2 saturated heterocycles. The van der Waals surface area contributed by atoms with E-state index in [1.165, 1.54) is 5.57 Å². The monoisotopic (exact) mass is 247 g/mol. The zero-order valence-electron chi connectivity index (χ0n) is 10.9. The molecule has 2 fully saturated rings. The highest BCUT2D eigenvalue weighted by atomic mass is 16.2. The van der Waals surface area contributed by atoms with Crippen LogP contribution in [0.5, 0.6) is 0 Å². The van der Waals surface area contributed by atoms with Crippen molar-refractivity contribution in [3.8, 4) is 0 Å². The lowest BCUT2D eigenvalue weighted by molar-refractivity contribution is -0.129. The van der Waals surface area contributed by atoms with E-state index in [9.17, 15) is 4.79 Å². The van der Waals surface area contributed by atoms with Gasteiger partial charge < -0.3 is 10.2 Å². The number of hydrogen-bond donors (Lipinski definition) is 1. The Hall–Kier alpha value is -1.29. The fourth-order valence-corrected chi connectivity index (χ4v) is 3.12. The quantitative estimate of drug-likeness (QED) is 0.793. The Morgan fingerprint density at radius 1 is 1.39 bits per heavy atom. The van der Waals surface area contributed by atoms with E-state index in [2.05, 4.69) is 40.4 Å². The second-order valence-corrected chi connectivity index (χ2v) is 5.49. The maximum atomic E-state index is 11.8. The minimum Gasteiger partial charge on any atom is -0.372 e. The summed E-state index contributed by atoms with van der Waals surface area (Å²) in [6.45, 7) is 5.13. The smallest absolute Gasteiger partial charge is 0.222 e. The third-order valence-electron chi connectivity index (χ3n) is 4.16. The molecular formula is C14H21N3O. The first-order valence-electron chi connectivity index (χ1n) is 6.88. The minimum absolute atomic E-state index is 0.302. The summed E-state index contributed by atoms with van der Waals surface area (Å²) in [5, 5.41) is 3.41. The number of dihydropyridines is 1. The average Bonchev–Trinajstić information content (AvgIpc) is 2.98. The Balaban J connectivity index is 1.59. The molecule has 0 aromatic carbocycles. The second kappa shape index (κ2) is 4.76. The van der Waals surface area contributed by atoms with Crippen LogP contribution in [0, 0.1) is 0 Å². The Kier molecular flexibility index (Phi) is 3.12. The SMILES string of the molecule is CC1=CNC(N2CCC(N3CCCC3=O)C2)C=C1. The predicted molar refractivity (Wildman–Crippen MR) is 70.7 cm³/mol. The Morgan fingerprint density at radius 3 is 2.94 bits per heavy atom. The van der Waals surface area contributed by atoms with Crippen LogP contribution in [0.25, 0.3) is 0 Å². The highest BCUT2D eigenvalue weighted by Crippen LogP contribution is 2.23. The number of allylic oxidation sites excluding steroid dienone is 2. The van der Waals surface area contributed by atoms with Crippen LogP contribution in [0.15, 0.2) is 23.9 Å². The topological polar surface area (TPSA) is 35.6 Å². The van der Waals surface area contributed by atoms with E-state index >= 15 is 0 Å². The summed E-state index contributed by atoms with van der Waals surface area (Å²) in [6, 6.07) is 0.433. The summed E-state index contributed by atoms with van der Waals surface area (Å²) < 4.78 is 0. The van der Waals surface area contributed by atoms with Gasteiger partial charge in [0, 0.05) is 38.3 Å². The third kappa shape index (κ3) is 2.17. The predicted octanol–water partition coefficient (Wildman–Crippen LogP) is 1.07. The van der Waals surface area contributed by atoms with Gasteiger partial charge in [0.2, 0.25) is 5.91 Å². The van der Waals surface area contributed by atoms with Gasteiger partial charge in [-0.25, -0.2) is 0 Å². The summed E-state index contributed by atoms with van der Waals surface area (Å²) in [5.74, 6) is 0.352. The summed E-state index contributed by atoms with van der Waals surface area (Å²) in [5.41, 5.74) is 1.26. The molecule has 3 heterocycles. The molecule has 0 aromatic rings. The molecule has 3 rings (SSSR count). The van der Waals surface area contributed by atoms with Crippen molar-refractivity contribution in [3.05, 3.63) is 23.9 Å². The first-order chi connectivity index (χ1) is 8.74. The number of carbonyl (C=O) groups excluding carboxylic acids is 1. The summed E-state index contributed by atoms with van der Waals surface area (Å²) in [7, 11) is 0. The maximum absolute atomic E-state index is 11.8. The molecule has 0 aromatic heterocycles. The fraction of sp³-hybridized carbons (Fsp3) is 0.643. The molecule has 2 unspecified atom stereocenters. The lowest BCUT2D eigenvalue weighted by Crippen LogP contribution is -2.44. The van der Waals surface area contributed by atoms with Gasteiger partial charge in [-0.1, -0.05) is 6.08 Å². The number of hydrogen-bond acceptors (Lipinski definition) is 3. The van der Waals surface area contributed by atoms with Gasteiger partial charge in [-0.05, 0) is 31.4 Å². The van der Waals surface area contributed by atoms with Crippen molar-refractivity contribution in [2.24, 2.45) is 0 Å². The number of nitrogens with zero attached hydrogens (tertiary/aromatic N) is 2. The summed E-state index contributed by atoms with van der Waals surface area (Å²) >= 11 is 0. The number of carbonyl (C=O) groups is 1. The zero-order valence-corrected chi connectivity index (χ0v) is 10.9. The van der Waals surface area contributed by atoms with Crippen LogP contribution in [0.2, 0.25) is 0 Å². The molecule has 0 bridgehead atoms. The molecule has 18 heavy (non-hydrogen) atoms. The van der Waals surface area contributed by atoms with Crippen molar-refractivity contribution in [1.82, 2.24) is 15.1 Å². The Labute approximate surface area is 108 Å². The molecule has 3 aliphatic rings. The second-order valence-electron chi connectivity index (χ2n) is 5.49. The molecule has 2 atom stereocenters. The van der Waals surface area contributed by atoms with Crippen molar-refractivity contribution in [2.45, 2.75) is 38.4 Å². The molecule has 0 radical (unpaired) electrons. The van der Waals surface area contributed by atoms with Crippen molar-refractivity contribution >= 4 is 5.91 Å². The van der Waals surface area contributed by atoms with Crippen LogP contribution in [0.4, 0.5) is 0 Å². The maximum Gasteiger partial charge on any atom is 0.222 e. The number of rotatable bonds is 2. The van der Waals surface area contributed by atoms with Crippen LogP contribution >= 0.6 is 0 Å². The lowest BCUT2D eigenvalue weighted by atomic mass is 10.2. The zero-order chi connectivity index (χ0) is 12.5. The van der Waals surface area contributed by atoms with Crippen LogP contribution in [0.1, 0.15) is 26.2 Å². The van der Waals surface area contributed by atoms with Gasteiger partial charge in [-0.2, -0.15) is 0 Å².